The number of alkyl halides is 3. The van der Waals surface area contributed by atoms with Gasteiger partial charge in [-0.1, -0.05) is 12.1 Å². The molecular formula is C23H24ClF3N4O2. The minimum absolute atomic E-state index is 0.0332. The van der Waals surface area contributed by atoms with Gasteiger partial charge in [-0.3, -0.25) is 4.79 Å². The van der Waals surface area contributed by atoms with Crippen molar-refractivity contribution in [1.29, 1.82) is 0 Å². The Morgan fingerprint density at radius 1 is 1.21 bits per heavy atom. The number of rotatable bonds is 4. The molecular weight excluding hydrogens is 457 g/mol. The molecule has 0 radical (unpaired) electrons. The maximum absolute atomic E-state index is 13.2. The quantitative estimate of drug-likeness (QED) is 0.615. The lowest BCUT2D eigenvalue weighted by Crippen LogP contribution is -2.38. The number of benzene rings is 1. The second-order valence-electron chi connectivity index (χ2n) is 9.08. The van der Waals surface area contributed by atoms with Crippen molar-refractivity contribution in [3.8, 4) is 0 Å². The van der Waals surface area contributed by atoms with Crippen molar-refractivity contribution in [2.24, 2.45) is 5.92 Å². The molecule has 5 rings (SSSR count). The predicted molar refractivity (Wildman–Crippen MR) is 115 cm³/mol. The van der Waals surface area contributed by atoms with Crippen molar-refractivity contribution in [2.45, 2.75) is 70.1 Å². The highest BCUT2D eigenvalue weighted by Crippen LogP contribution is 2.39. The first kappa shape index (κ1) is 22.4. The first-order valence-corrected chi connectivity index (χ1v) is 11.5. The predicted octanol–water partition coefficient (Wildman–Crippen LogP) is 5.12. The van der Waals surface area contributed by atoms with E-state index >= 15 is 0 Å². The fraction of sp³-hybridized carbons (Fsp3) is 0.522. The number of carbonyl (C=O) groups excluding carboxylic acids is 1. The number of nitrogens with zero attached hydrogens (tertiary/aromatic N) is 3. The maximum atomic E-state index is 13.2. The van der Waals surface area contributed by atoms with Gasteiger partial charge >= 0.3 is 6.18 Å². The number of hydrogen-bond donors (Lipinski definition) is 1. The third-order valence-electron chi connectivity index (χ3n) is 6.77. The molecule has 0 spiro atoms. The van der Waals surface area contributed by atoms with Gasteiger partial charge in [-0.15, -0.1) is 0 Å². The summed E-state index contributed by atoms with van der Waals surface area (Å²) in [5, 5.41) is 3.21. The molecule has 3 aliphatic rings. The summed E-state index contributed by atoms with van der Waals surface area (Å²) in [5.41, 5.74) is 1.18. The molecule has 2 aromatic rings. The van der Waals surface area contributed by atoms with Crippen molar-refractivity contribution >= 4 is 23.3 Å². The summed E-state index contributed by atoms with van der Waals surface area (Å²) in [6, 6.07) is 4.72. The van der Waals surface area contributed by atoms with Gasteiger partial charge in [0, 0.05) is 17.5 Å². The summed E-state index contributed by atoms with van der Waals surface area (Å²) in [4.78, 5) is 23.6. The molecule has 0 saturated carbocycles. The zero-order chi connectivity index (χ0) is 23.3. The molecule has 2 bridgehead atoms. The molecule has 3 atom stereocenters. The molecule has 1 aromatic heterocycles. The van der Waals surface area contributed by atoms with Crippen LogP contribution in [0.3, 0.4) is 0 Å². The van der Waals surface area contributed by atoms with E-state index in [2.05, 4.69) is 15.3 Å². The molecule has 2 fully saturated rings. The fourth-order valence-corrected chi connectivity index (χ4v) is 5.28. The second kappa shape index (κ2) is 8.43. The number of ether oxygens (including phenoxy) is 1. The highest BCUT2D eigenvalue weighted by Gasteiger charge is 2.41. The molecule has 1 aromatic carbocycles. The van der Waals surface area contributed by atoms with Crippen LogP contribution < -0.4 is 5.32 Å². The van der Waals surface area contributed by atoms with Crippen LogP contribution in [0.2, 0.25) is 5.28 Å². The Hall–Kier alpha value is -2.39. The van der Waals surface area contributed by atoms with E-state index in [-0.39, 0.29) is 29.3 Å². The summed E-state index contributed by atoms with van der Waals surface area (Å²) >= 11 is 6.13. The summed E-state index contributed by atoms with van der Waals surface area (Å²) in [6.45, 7) is 2.44. The average Bonchev–Trinajstić information content (AvgIpc) is 3.35. The van der Waals surface area contributed by atoms with Gasteiger partial charge in [0.05, 0.1) is 36.6 Å². The van der Waals surface area contributed by atoms with E-state index in [1.165, 1.54) is 6.07 Å². The number of halogens is 4. The first-order chi connectivity index (χ1) is 15.7. The summed E-state index contributed by atoms with van der Waals surface area (Å²) in [5.74, 6) is 0.466. The van der Waals surface area contributed by atoms with E-state index in [1.54, 1.807) is 17.9 Å². The van der Waals surface area contributed by atoms with E-state index in [4.69, 9.17) is 16.3 Å². The second-order valence-corrected chi connectivity index (χ2v) is 9.41. The summed E-state index contributed by atoms with van der Waals surface area (Å²) < 4.78 is 45.2. The molecule has 33 heavy (non-hydrogen) atoms. The van der Waals surface area contributed by atoms with Gasteiger partial charge in [0.15, 0.2) is 0 Å². The largest absolute Gasteiger partial charge is 0.416 e. The van der Waals surface area contributed by atoms with Crippen LogP contribution in [0.1, 0.15) is 61.0 Å². The lowest BCUT2D eigenvalue weighted by Gasteiger charge is -2.30. The minimum atomic E-state index is -4.42. The Morgan fingerprint density at radius 2 is 1.94 bits per heavy atom. The Balaban J connectivity index is 1.33. The number of nitrogens with one attached hydrogen (secondary N) is 1. The van der Waals surface area contributed by atoms with Crippen LogP contribution in [-0.2, 0) is 28.8 Å². The standard InChI is InChI=1S/C23H24ClF3N4O2/c1-12(13-3-2-4-15(7-13)23(25,26)27)28-20-18-10-31(11-19(18)29-22(24)30-20)21(32)14-8-16-5-6-17(9-14)33-16/h2-4,7,12,14,16-17H,5-6,8-11H2,1H3,(H,28,29,30)/t12-,14?,16?,17?/m1/s1. The number of anilines is 1. The Bertz CT molecular complexity index is 1070. The molecule has 0 aliphatic carbocycles. The number of fused-ring (bicyclic) bond motifs is 3. The zero-order valence-electron chi connectivity index (χ0n) is 18.0. The third kappa shape index (κ3) is 4.53. The van der Waals surface area contributed by atoms with Gasteiger partial charge < -0.3 is 15.0 Å². The summed E-state index contributed by atoms with van der Waals surface area (Å²) in [6.07, 6.45) is -0.572. The summed E-state index contributed by atoms with van der Waals surface area (Å²) in [7, 11) is 0. The molecule has 176 valence electrons. The number of carbonyl (C=O) groups is 1. The molecule has 6 nitrogen and oxygen atoms in total. The van der Waals surface area contributed by atoms with Crippen molar-refractivity contribution in [3.05, 3.63) is 51.9 Å². The van der Waals surface area contributed by atoms with Gasteiger partial charge in [0.25, 0.3) is 0 Å². The number of aromatic nitrogens is 2. The Labute approximate surface area is 194 Å². The van der Waals surface area contributed by atoms with E-state index in [0.29, 0.717) is 30.2 Å². The monoisotopic (exact) mass is 480 g/mol. The van der Waals surface area contributed by atoms with Gasteiger partial charge in [-0.05, 0) is 61.9 Å². The Kier molecular flexibility index (Phi) is 5.73. The lowest BCUT2D eigenvalue weighted by atomic mass is 9.94. The highest BCUT2D eigenvalue weighted by atomic mass is 35.5. The van der Waals surface area contributed by atoms with Crippen LogP contribution >= 0.6 is 11.6 Å². The third-order valence-corrected chi connectivity index (χ3v) is 6.94. The van der Waals surface area contributed by atoms with E-state index in [0.717, 1.165) is 43.4 Å². The zero-order valence-corrected chi connectivity index (χ0v) is 18.8. The van der Waals surface area contributed by atoms with E-state index < -0.39 is 17.8 Å². The SMILES string of the molecule is C[C@@H](Nc1nc(Cl)nc2c1CN(C(=O)C1CC3CCC(C1)O3)C2)c1cccc(C(F)(F)F)c1. The van der Waals surface area contributed by atoms with Crippen LogP contribution in [0.25, 0.3) is 0 Å². The molecule has 2 saturated heterocycles. The van der Waals surface area contributed by atoms with Crippen molar-refractivity contribution in [2.75, 3.05) is 5.32 Å². The van der Waals surface area contributed by atoms with Gasteiger partial charge in [0.2, 0.25) is 11.2 Å². The molecule has 3 aliphatic heterocycles. The highest BCUT2D eigenvalue weighted by molar-refractivity contribution is 6.28. The van der Waals surface area contributed by atoms with Crippen LogP contribution in [0.4, 0.5) is 19.0 Å². The van der Waals surface area contributed by atoms with E-state index in [1.807, 2.05) is 0 Å². The van der Waals surface area contributed by atoms with Gasteiger partial charge in [-0.25, -0.2) is 9.97 Å². The molecule has 2 unspecified atom stereocenters. The van der Waals surface area contributed by atoms with Gasteiger partial charge in [0.1, 0.15) is 5.82 Å². The fourth-order valence-electron chi connectivity index (χ4n) is 5.09. The number of amides is 1. The Morgan fingerprint density at radius 3 is 2.64 bits per heavy atom. The number of hydrogen-bond acceptors (Lipinski definition) is 5. The van der Waals surface area contributed by atoms with Crippen LogP contribution in [0.15, 0.2) is 24.3 Å². The smallest absolute Gasteiger partial charge is 0.375 e. The van der Waals surface area contributed by atoms with E-state index in [9.17, 15) is 18.0 Å². The van der Waals surface area contributed by atoms with Crippen LogP contribution in [0, 0.1) is 5.92 Å². The van der Waals surface area contributed by atoms with Crippen molar-refractivity contribution < 1.29 is 22.7 Å². The maximum Gasteiger partial charge on any atom is 0.416 e. The van der Waals surface area contributed by atoms with Gasteiger partial charge in [-0.2, -0.15) is 13.2 Å². The van der Waals surface area contributed by atoms with Crippen LogP contribution in [0.5, 0.6) is 0 Å². The van der Waals surface area contributed by atoms with Crippen LogP contribution in [-0.4, -0.2) is 33.0 Å². The lowest BCUT2D eigenvalue weighted by molar-refractivity contribution is -0.142. The van der Waals surface area contributed by atoms with Crippen molar-refractivity contribution in [1.82, 2.24) is 14.9 Å². The topological polar surface area (TPSA) is 67.4 Å². The molecule has 10 heteroatoms. The molecule has 4 heterocycles. The minimum Gasteiger partial charge on any atom is -0.375 e. The van der Waals surface area contributed by atoms with Crippen molar-refractivity contribution in [3.63, 3.8) is 0 Å². The molecule has 1 N–H and O–H groups in total. The average molecular weight is 481 g/mol. The first-order valence-electron chi connectivity index (χ1n) is 11.1. The molecule has 1 amide bonds. The normalized spacial score (nSPS) is 25.1.